The summed E-state index contributed by atoms with van der Waals surface area (Å²) in [6, 6.07) is 0.889. The average molecular weight is 228 g/mol. The van der Waals surface area contributed by atoms with Crippen molar-refractivity contribution >= 4 is 11.8 Å². The van der Waals surface area contributed by atoms with Crippen molar-refractivity contribution in [2.24, 2.45) is 5.92 Å². The summed E-state index contributed by atoms with van der Waals surface area (Å²) in [5.41, 5.74) is 0. The molecule has 15 heavy (non-hydrogen) atoms. The van der Waals surface area contributed by atoms with Crippen LogP contribution in [-0.4, -0.2) is 60.6 Å². The van der Waals surface area contributed by atoms with Crippen LogP contribution < -0.4 is 0 Å². The Balaban J connectivity index is 1.75. The highest BCUT2D eigenvalue weighted by Crippen LogP contribution is 2.22. The third kappa shape index (κ3) is 3.11. The summed E-state index contributed by atoms with van der Waals surface area (Å²) >= 11 is 1.98. The molecule has 3 heteroatoms. The molecule has 2 unspecified atom stereocenters. The van der Waals surface area contributed by atoms with Gasteiger partial charge in [0.2, 0.25) is 0 Å². The van der Waals surface area contributed by atoms with Crippen molar-refractivity contribution < 1.29 is 0 Å². The van der Waals surface area contributed by atoms with Crippen LogP contribution in [0.25, 0.3) is 0 Å². The predicted octanol–water partition coefficient (Wildman–Crippen LogP) is 1.77. The quantitative estimate of drug-likeness (QED) is 0.724. The van der Waals surface area contributed by atoms with Gasteiger partial charge in [0, 0.05) is 32.2 Å². The average Bonchev–Trinajstić information content (AvgIpc) is 2.65. The van der Waals surface area contributed by atoms with Gasteiger partial charge in [0.05, 0.1) is 0 Å². The zero-order chi connectivity index (χ0) is 10.7. The van der Waals surface area contributed by atoms with Crippen LogP contribution in [0.4, 0.5) is 0 Å². The highest BCUT2D eigenvalue weighted by molar-refractivity contribution is 7.98. The van der Waals surface area contributed by atoms with Crippen LogP contribution in [0, 0.1) is 5.92 Å². The third-order valence-electron chi connectivity index (χ3n) is 3.69. The molecule has 2 saturated heterocycles. The Morgan fingerprint density at radius 1 is 1.33 bits per heavy atom. The summed E-state index contributed by atoms with van der Waals surface area (Å²) in [7, 11) is 0. The molecule has 2 nitrogen and oxygen atoms in total. The van der Waals surface area contributed by atoms with E-state index in [1.165, 1.54) is 51.3 Å². The maximum Gasteiger partial charge on any atom is 0.0224 e. The SMILES string of the molecule is CSCC(C)CN1CCN2CCCC2C1. The molecule has 2 aliphatic heterocycles. The standard InChI is InChI=1S/C12H24N2S/c1-11(10-15-2)8-13-6-7-14-5-3-4-12(14)9-13/h11-12H,3-10H2,1-2H3. The zero-order valence-corrected chi connectivity index (χ0v) is 10.9. The van der Waals surface area contributed by atoms with Crippen LogP contribution >= 0.6 is 11.8 Å². The van der Waals surface area contributed by atoms with Gasteiger partial charge in [0.15, 0.2) is 0 Å². The van der Waals surface area contributed by atoms with Crippen LogP contribution in [0.3, 0.4) is 0 Å². The molecular weight excluding hydrogens is 204 g/mol. The molecular formula is C12H24N2S. The molecule has 2 fully saturated rings. The number of nitrogens with zero attached hydrogens (tertiary/aromatic N) is 2. The monoisotopic (exact) mass is 228 g/mol. The topological polar surface area (TPSA) is 6.48 Å². The Bertz CT molecular complexity index is 198. The van der Waals surface area contributed by atoms with Gasteiger partial charge in [-0.15, -0.1) is 0 Å². The van der Waals surface area contributed by atoms with Gasteiger partial charge >= 0.3 is 0 Å². The maximum absolute atomic E-state index is 2.69. The van der Waals surface area contributed by atoms with Gasteiger partial charge in [-0.3, -0.25) is 4.90 Å². The smallest absolute Gasteiger partial charge is 0.0224 e. The summed E-state index contributed by atoms with van der Waals surface area (Å²) in [5, 5.41) is 0. The van der Waals surface area contributed by atoms with Gasteiger partial charge in [-0.25, -0.2) is 0 Å². The molecule has 0 aliphatic carbocycles. The van der Waals surface area contributed by atoms with E-state index in [4.69, 9.17) is 0 Å². The first kappa shape index (κ1) is 11.7. The Morgan fingerprint density at radius 2 is 2.20 bits per heavy atom. The molecule has 0 saturated carbocycles. The lowest BCUT2D eigenvalue weighted by Gasteiger charge is -2.38. The van der Waals surface area contributed by atoms with Crippen LogP contribution in [0.5, 0.6) is 0 Å². The number of thioether (sulfide) groups is 1. The van der Waals surface area contributed by atoms with Crippen molar-refractivity contribution in [3.63, 3.8) is 0 Å². The van der Waals surface area contributed by atoms with Gasteiger partial charge in [-0.2, -0.15) is 11.8 Å². The zero-order valence-electron chi connectivity index (χ0n) is 10.1. The third-order valence-corrected chi connectivity index (χ3v) is 4.59. The highest BCUT2D eigenvalue weighted by Gasteiger charge is 2.30. The second-order valence-electron chi connectivity index (χ2n) is 5.15. The molecule has 0 amide bonds. The second-order valence-corrected chi connectivity index (χ2v) is 6.06. The van der Waals surface area contributed by atoms with Crippen molar-refractivity contribution in [3.8, 4) is 0 Å². The van der Waals surface area contributed by atoms with Gasteiger partial charge < -0.3 is 4.90 Å². The van der Waals surface area contributed by atoms with Gasteiger partial charge in [-0.1, -0.05) is 6.92 Å². The van der Waals surface area contributed by atoms with E-state index < -0.39 is 0 Å². The minimum atomic E-state index is 0.855. The van der Waals surface area contributed by atoms with E-state index in [0.717, 1.165) is 12.0 Å². The molecule has 2 aliphatic rings. The molecule has 2 rings (SSSR count). The largest absolute Gasteiger partial charge is 0.300 e. The fourth-order valence-electron chi connectivity index (χ4n) is 3.00. The van der Waals surface area contributed by atoms with Crippen LogP contribution in [-0.2, 0) is 0 Å². The number of hydrogen-bond acceptors (Lipinski definition) is 3. The summed E-state index contributed by atoms with van der Waals surface area (Å²) < 4.78 is 0. The van der Waals surface area contributed by atoms with E-state index >= 15 is 0 Å². The molecule has 0 spiro atoms. The lowest BCUT2D eigenvalue weighted by atomic mass is 10.1. The van der Waals surface area contributed by atoms with Crippen LogP contribution in [0.15, 0.2) is 0 Å². The first-order valence-corrected chi connectivity index (χ1v) is 7.64. The molecule has 0 aromatic rings. The maximum atomic E-state index is 2.69. The number of fused-ring (bicyclic) bond motifs is 1. The van der Waals surface area contributed by atoms with Crippen molar-refractivity contribution in [1.82, 2.24) is 9.80 Å². The summed E-state index contributed by atoms with van der Waals surface area (Å²) in [6.45, 7) is 9.01. The van der Waals surface area contributed by atoms with Crippen LogP contribution in [0.1, 0.15) is 19.8 Å². The van der Waals surface area contributed by atoms with Crippen molar-refractivity contribution in [1.29, 1.82) is 0 Å². The van der Waals surface area contributed by atoms with E-state index in [-0.39, 0.29) is 0 Å². The fourth-order valence-corrected chi connectivity index (χ4v) is 3.67. The van der Waals surface area contributed by atoms with Gasteiger partial charge in [-0.05, 0) is 37.3 Å². The Kier molecular flexibility index (Phi) is 4.35. The van der Waals surface area contributed by atoms with Gasteiger partial charge in [0.25, 0.3) is 0 Å². The molecule has 0 bridgehead atoms. The lowest BCUT2D eigenvalue weighted by Crippen LogP contribution is -2.51. The van der Waals surface area contributed by atoms with Crippen molar-refractivity contribution in [2.75, 3.05) is 44.7 Å². The van der Waals surface area contributed by atoms with E-state index in [9.17, 15) is 0 Å². The molecule has 88 valence electrons. The second kappa shape index (κ2) is 5.55. The number of hydrogen-bond donors (Lipinski definition) is 0. The summed E-state index contributed by atoms with van der Waals surface area (Å²) in [4.78, 5) is 5.38. The Morgan fingerprint density at radius 3 is 3.00 bits per heavy atom. The molecule has 0 radical (unpaired) electrons. The minimum absolute atomic E-state index is 0.855. The summed E-state index contributed by atoms with van der Waals surface area (Å²) in [6.07, 6.45) is 5.08. The van der Waals surface area contributed by atoms with E-state index in [1.54, 1.807) is 0 Å². The first-order valence-electron chi connectivity index (χ1n) is 6.25. The first-order chi connectivity index (χ1) is 7.29. The van der Waals surface area contributed by atoms with Crippen molar-refractivity contribution in [3.05, 3.63) is 0 Å². The minimum Gasteiger partial charge on any atom is -0.300 e. The Hall–Kier alpha value is 0.270. The van der Waals surface area contributed by atoms with Crippen molar-refractivity contribution in [2.45, 2.75) is 25.8 Å². The number of rotatable bonds is 4. The molecule has 0 aromatic heterocycles. The lowest BCUT2D eigenvalue weighted by molar-refractivity contribution is 0.0962. The molecule has 0 aromatic carbocycles. The highest BCUT2D eigenvalue weighted by atomic mass is 32.2. The van der Waals surface area contributed by atoms with E-state index in [0.29, 0.717) is 0 Å². The fraction of sp³-hybridized carbons (Fsp3) is 1.00. The predicted molar refractivity (Wildman–Crippen MR) is 68.6 cm³/mol. The molecule has 0 N–H and O–H groups in total. The van der Waals surface area contributed by atoms with Crippen LogP contribution in [0.2, 0.25) is 0 Å². The molecule has 2 heterocycles. The van der Waals surface area contributed by atoms with Gasteiger partial charge in [0.1, 0.15) is 0 Å². The Labute approximate surface area is 98.4 Å². The normalized spacial score (nSPS) is 30.4. The number of piperazine rings is 1. The van der Waals surface area contributed by atoms with E-state index in [1.807, 2.05) is 11.8 Å². The molecule has 2 atom stereocenters. The summed E-state index contributed by atoms with van der Waals surface area (Å²) in [5.74, 6) is 2.16. The van der Waals surface area contributed by atoms with E-state index in [2.05, 4.69) is 23.0 Å².